The maximum absolute atomic E-state index is 13.1. The molecule has 7 nitrogen and oxygen atoms in total. The minimum absolute atomic E-state index is 0.105. The number of anilines is 3. The fourth-order valence-electron chi connectivity index (χ4n) is 3.29. The fraction of sp³-hybridized carbons (Fsp3) is 0.0400. The zero-order valence-electron chi connectivity index (χ0n) is 17.1. The number of hydrogen-bond acceptors (Lipinski definition) is 5. The molecule has 0 aliphatic carbocycles. The van der Waals surface area contributed by atoms with E-state index in [0.29, 0.717) is 11.4 Å². The quantitative estimate of drug-likeness (QED) is 0.405. The van der Waals surface area contributed by atoms with Crippen molar-refractivity contribution in [2.24, 2.45) is 0 Å². The Hall–Kier alpha value is -4.52. The first-order valence-corrected chi connectivity index (χ1v) is 10.0. The molecule has 158 valence electrons. The molecule has 0 unspecified atom stereocenters. The number of para-hydroxylation sites is 2. The van der Waals surface area contributed by atoms with Crippen LogP contribution in [0, 0.1) is 0 Å². The largest absolute Gasteiger partial charge is 0.397 e. The number of nitrogens with two attached hydrogens (primary N) is 1. The molecular formula is C25H21N5O2. The standard InChI is InChI=1S/C25H21N5O2/c26-19-13-7-8-14-20(19)29-24(31)21-15-28-22(16-27-21)30-25(32)23(17-9-3-1-4-10-17)18-11-5-2-6-12-18/h1-16,23H,26H2,(H,29,31)(H,28,30,32). The van der Waals surface area contributed by atoms with Crippen LogP contribution in [0.15, 0.2) is 97.3 Å². The Kier molecular flexibility index (Phi) is 6.17. The smallest absolute Gasteiger partial charge is 0.275 e. The third-order valence-electron chi connectivity index (χ3n) is 4.87. The van der Waals surface area contributed by atoms with E-state index in [1.807, 2.05) is 60.7 Å². The van der Waals surface area contributed by atoms with Crippen molar-refractivity contribution < 1.29 is 9.59 Å². The van der Waals surface area contributed by atoms with Crippen molar-refractivity contribution in [2.75, 3.05) is 16.4 Å². The van der Waals surface area contributed by atoms with Crippen LogP contribution in [-0.4, -0.2) is 21.8 Å². The summed E-state index contributed by atoms with van der Waals surface area (Å²) in [4.78, 5) is 33.9. The Morgan fingerprint density at radius 1 is 0.719 bits per heavy atom. The molecule has 0 fully saturated rings. The lowest BCUT2D eigenvalue weighted by molar-refractivity contribution is -0.116. The number of hydrogen-bond donors (Lipinski definition) is 3. The Balaban J connectivity index is 1.50. The fourth-order valence-corrected chi connectivity index (χ4v) is 3.29. The SMILES string of the molecule is Nc1ccccc1NC(=O)c1cnc(NC(=O)C(c2ccccc2)c2ccccc2)cn1. The molecule has 0 aliphatic rings. The molecule has 0 spiro atoms. The number of nitrogens with one attached hydrogen (secondary N) is 2. The molecular weight excluding hydrogens is 402 g/mol. The van der Waals surface area contributed by atoms with Crippen molar-refractivity contribution in [2.45, 2.75) is 5.92 Å². The van der Waals surface area contributed by atoms with E-state index in [-0.39, 0.29) is 17.4 Å². The Morgan fingerprint density at radius 2 is 1.31 bits per heavy atom. The molecule has 7 heteroatoms. The molecule has 1 heterocycles. The van der Waals surface area contributed by atoms with E-state index in [2.05, 4.69) is 20.6 Å². The molecule has 2 amide bonds. The summed E-state index contributed by atoms with van der Waals surface area (Å²) in [5, 5.41) is 5.49. The van der Waals surface area contributed by atoms with Gasteiger partial charge in [0.1, 0.15) is 5.69 Å². The molecule has 32 heavy (non-hydrogen) atoms. The van der Waals surface area contributed by atoms with Crippen LogP contribution >= 0.6 is 0 Å². The van der Waals surface area contributed by atoms with Gasteiger partial charge in [-0.2, -0.15) is 0 Å². The minimum atomic E-state index is -0.511. The third kappa shape index (κ3) is 4.79. The summed E-state index contributed by atoms with van der Waals surface area (Å²) in [5.74, 6) is -0.948. The molecule has 3 aromatic carbocycles. The predicted octanol–water partition coefficient (Wildman–Crippen LogP) is 4.08. The summed E-state index contributed by atoms with van der Waals surface area (Å²) in [6.45, 7) is 0. The predicted molar refractivity (Wildman–Crippen MR) is 124 cm³/mol. The Bertz CT molecular complexity index is 1170. The van der Waals surface area contributed by atoms with Gasteiger partial charge < -0.3 is 16.4 Å². The van der Waals surface area contributed by atoms with Crippen molar-refractivity contribution in [1.29, 1.82) is 0 Å². The molecule has 1 aromatic heterocycles. The van der Waals surface area contributed by atoms with Gasteiger partial charge in [0.25, 0.3) is 5.91 Å². The summed E-state index contributed by atoms with van der Waals surface area (Å²) in [6.07, 6.45) is 2.67. The van der Waals surface area contributed by atoms with Crippen molar-refractivity contribution >= 4 is 29.0 Å². The normalized spacial score (nSPS) is 10.5. The summed E-state index contributed by atoms with van der Waals surface area (Å²) in [7, 11) is 0. The first-order valence-electron chi connectivity index (χ1n) is 10.0. The number of carbonyl (C=O) groups excluding carboxylic acids is 2. The number of nitrogen functional groups attached to an aromatic ring is 1. The lowest BCUT2D eigenvalue weighted by Crippen LogP contribution is -2.23. The first-order chi connectivity index (χ1) is 15.6. The minimum Gasteiger partial charge on any atom is -0.397 e. The van der Waals surface area contributed by atoms with E-state index in [1.54, 1.807) is 24.3 Å². The Morgan fingerprint density at radius 3 is 1.88 bits per heavy atom. The van der Waals surface area contributed by atoms with Crippen molar-refractivity contribution in [3.8, 4) is 0 Å². The highest BCUT2D eigenvalue weighted by Crippen LogP contribution is 2.26. The molecule has 0 atom stereocenters. The molecule has 0 bridgehead atoms. The molecule has 0 aliphatic heterocycles. The van der Waals surface area contributed by atoms with Gasteiger partial charge in [-0.05, 0) is 23.3 Å². The lowest BCUT2D eigenvalue weighted by Gasteiger charge is -2.17. The molecule has 0 saturated heterocycles. The summed E-state index contributed by atoms with van der Waals surface area (Å²) < 4.78 is 0. The number of aromatic nitrogens is 2. The van der Waals surface area contributed by atoms with Gasteiger partial charge in [-0.1, -0.05) is 72.8 Å². The van der Waals surface area contributed by atoms with E-state index < -0.39 is 11.8 Å². The molecule has 4 aromatic rings. The van der Waals surface area contributed by atoms with E-state index >= 15 is 0 Å². The average molecular weight is 423 g/mol. The van der Waals surface area contributed by atoms with Gasteiger partial charge in [0.05, 0.1) is 29.7 Å². The van der Waals surface area contributed by atoms with Crippen LogP contribution in [0.25, 0.3) is 0 Å². The second-order valence-electron chi connectivity index (χ2n) is 7.07. The third-order valence-corrected chi connectivity index (χ3v) is 4.87. The van der Waals surface area contributed by atoms with Crippen LogP contribution < -0.4 is 16.4 Å². The highest BCUT2D eigenvalue weighted by atomic mass is 16.2. The van der Waals surface area contributed by atoms with Gasteiger partial charge >= 0.3 is 0 Å². The van der Waals surface area contributed by atoms with Gasteiger partial charge in [-0.25, -0.2) is 9.97 Å². The van der Waals surface area contributed by atoms with Gasteiger partial charge in [0.2, 0.25) is 5.91 Å². The number of rotatable bonds is 6. The number of benzene rings is 3. The first kappa shape index (κ1) is 20.7. The van der Waals surface area contributed by atoms with Gasteiger partial charge in [-0.3, -0.25) is 9.59 Å². The van der Waals surface area contributed by atoms with Gasteiger partial charge in [0, 0.05) is 0 Å². The lowest BCUT2D eigenvalue weighted by atomic mass is 9.90. The summed E-state index contributed by atoms with van der Waals surface area (Å²) in [6, 6.07) is 26.0. The monoisotopic (exact) mass is 423 g/mol. The maximum atomic E-state index is 13.1. The molecule has 0 radical (unpaired) electrons. The summed E-state index contributed by atoms with van der Waals surface area (Å²) >= 11 is 0. The molecule has 4 N–H and O–H groups in total. The van der Waals surface area contributed by atoms with Crippen molar-refractivity contribution in [1.82, 2.24) is 9.97 Å². The maximum Gasteiger partial charge on any atom is 0.275 e. The Labute approximate surface area is 185 Å². The van der Waals surface area contributed by atoms with Gasteiger partial charge in [-0.15, -0.1) is 0 Å². The van der Waals surface area contributed by atoms with Crippen molar-refractivity contribution in [3.63, 3.8) is 0 Å². The van der Waals surface area contributed by atoms with Crippen LogP contribution in [0.4, 0.5) is 17.2 Å². The highest BCUT2D eigenvalue weighted by molar-refractivity contribution is 6.04. The zero-order chi connectivity index (χ0) is 22.3. The average Bonchev–Trinajstić information content (AvgIpc) is 2.82. The number of amides is 2. The van der Waals surface area contributed by atoms with Crippen LogP contribution in [-0.2, 0) is 4.79 Å². The van der Waals surface area contributed by atoms with Crippen LogP contribution in [0.1, 0.15) is 27.5 Å². The zero-order valence-corrected chi connectivity index (χ0v) is 17.1. The van der Waals surface area contributed by atoms with E-state index in [4.69, 9.17) is 5.73 Å². The van der Waals surface area contributed by atoms with Crippen molar-refractivity contribution in [3.05, 3.63) is 114 Å². The van der Waals surface area contributed by atoms with Crippen LogP contribution in [0.5, 0.6) is 0 Å². The highest BCUT2D eigenvalue weighted by Gasteiger charge is 2.23. The van der Waals surface area contributed by atoms with E-state index in [9.17, 15) is 9.59 Å². The van der Waals surface area contributed by atoms with Crippen LogP contribution in [0.2, 0.25) is 0 Å². The molecule has 4 rings (SSSR count). The van der Waals surface area contributed by atoms with Crippen LogP contribution in [0.3, 0.4) is 0 Å². The van der Waals surface area contributed by atoms with E-state index in [1.165, 1.54) is 12.4 Å². The van der Waals surface area contributed by atoms with Gasteiger partial charge in [0.15, 0.2) is 5.82 Å². The second kappa shape index (κ2) is 9.53. The number of nitrogens with zero attached hydrogens (tertiary/aromatic N) is 2. The number of carbonyl (C=O) groups is 2. The second-order valence-corrected chi connectivity index (χ2v) is 7.07. The summed E-state index contributed by atoms with van der Waals surface area (Å²) in [5.41, 5.74) is 8.62. The topological polar surface area (TPSA) is 110 Å². The van der Waals surface area contributed by atoms with E-state index in [0.717, 1.165) is 11.1 Å². The molecule has 0 saturated carbocycles.